The molecular weight excluding hydrogens is 402 g/mol. The summed E-state index contributed by atoms with van der Waals surface area (Å²) in [6.07, 6.45) is 5.06. The van der Waals surface area contributed by atoms with E-state index in [4.69, 9.17) is 14.7 Å². The third-order valence-corrected chi connectivity index (χ3v) is 6.61. The minimum absolute atomic E-state index is 0.150. The average Bonchev–Trinajstić information content (AvgIpc) is 3.76. The van der Waals surface area contributed by atoms with Crippen molar-refractivity contribution in [1.82, 2.24) is 5.32 Å². The fourth-order valence-corrected chi connectivity index (χ4v) is 4.06. The minimum atomic E-state index is -0.776. The van der Waals surface area contributed by atoms with Gasteiger partial charge < -0.3 is 19.7 Å². The Balaban J connectivity index is 1.08. The number of nitriles is 1. The van der Waals surface area contributed by atoms with Crippen molar-refractivity contribution in [3.8, 4) is 17.6 Å². The number of carbonyl (C=O) groups excluding carboxylic acids is 1. The van der Waals surface area contributed by atoms with Crippen LogP contribution in [0.25, 0.3) is 0 Å². The summed E-state index contributed by atoms with van der Waals surface area (Å²) in [7, 11) is 0. The van der Waals surface area contributed by atoms with Gasteiger partial charge in [0.05, 0.1) is 19.2 Å². The van der Waals surface area contributed by atoms with Gasteiger partial charge in [0.15, 0.2) is 0 Å². The first-order chi connectivity index (χ1) is 15.6. The van der Waals surface area contributed by atoms with Crippen LogP contribution in [0.1, 0.15) is 37.7 Å². The second-order valence-corrected chi connectivity index (χ2v) is 9.24. The molecule has 2 aromatic rings. The molecule has 0 unspecified atom stereocenters. The highest BCUT2D eigenvalue weighted by Gasteiger charge is 2.50. The maximum absolute atomic E-state index is 12.1. The minimum Gasteiger partial charge on any atom is -0.493 e. The molecule has 0 radical (unpaired) electrons. The highest BCUT2D eigenvalue weighted by Crippen LogP contribution is 2.45. The molecule has 6 nitrogen and oxygen atoms in total. The van der Waals surface area contributed by atoms with Gasteiger partial charge in [-0.1, -0.05) is 12.1 Å². The van der Waals surface area contributed by atoms with E-state index in [0.717, 1.165) is 49.1 Å². The summed E-state index contributed by atoms with van der Waals surface area (Å²) >= 11 is 0. The number of amides is 1. The molecule has 32 heavy (non-hydrogen) atoms. The predicted octanol–water partition coefficient (Wildman–Crippen LogP) is 4.05. The Labute approximate surface area is 189 Å². The van der Waals surface area contributed by atoms with Crippen molar-refractivity contribution in [3.05, 3.63) is 54.1 Å². The maximum atomic E-state index is 12.1. The van der Waals surface area contributed by atoms with Gasteiger partial charge >= 0.3 is 0 Å². The third-order valence-electron chi connectivity index (χ3n) is 6.61. The second-order valence-electron chi connectivity index (χ2n) is 9.24. The number of carbonyl (C=O) groups is 1. The molecule has 2 aliphatic carbocycles. The van der Waals surface area contributed by atoms with E-state index in [2.05, 4.69) is 40.6 Å². The molecule has 2 saturated carbocycles. The van der Waals surface area contributed by atoms with Gasteiger partial charge in [0.2, 0.25) is 5.91 Å². The largest absolute Gasteiger partial charge is 0.493 e. The molecule has 1 atom stereocenters. The van der Waals surface area contributed by atoms with Crippen molar-refractivity contribution in [2.75, 3.05) is 24.6 Å². The molecule has 5 rings (SSSR count). The lowest BCUT2D eigenvalue weighted by Crippen LogP contribution is -2.30. The molecule has 166 valence electrons. The van der Waals surface area contributed by atoms with Crippen LogP contribution in [-0.4, -0.2) is 31.7 Å². The topological polar surface area (TPSA) is 74.6 Å². The summed E-state index contributed by atoms with van der Waals surface area (Å²) in [5, 5.41) is 12.0. The fraction of sp³-hybridized carbons (Fsp3) is 0.462. The number of ether oxygens (including phenoxy) is 2. The molecule has 1 aliphatic heterocycles. The van der Waals surface area contributed by atoms with Crippen LogP contribution in [0.4, 0.5) is 5.69 Å². The van der Waals surface area contributed by atoms with Crippen LogP contribution in [0.3, 0.4) is 0 Å². The van der Waals surface area contributed by atoms with Gasteiger partial charge in [-0.2, -0.15) is 5.26 Å². The normalized spacial score (nSPS) is 21.0. The Bertz CT molecular complexity index is 988. The van der Waals surface area contributed by atoms with Crippen molar-refractivity contribution >= 4 is 11.6 Å². The van der Waals surface area contributed by atoms with Crippen LogP contribution in [0.2, 0.25) is 0 Å². The predicted molar refractivity (Wildman–Crippen MR) is 121 cm³/mol. The average molecular weight is 432 g/mol. The summed E-state index contributed by atoms with van der Waals surface area (Å²) in [5.41, 5.74) is 1.42. The van der Waals surface area contributed by atoms with Crippen molar-refractivity contribution in [1.29, 1.82) is 5.26 Å². The molecule has 3 aliphatic rings. The number of nitrogens with zero attached hydrogens (tertiary/aromatic N) is 2. The Morgan fingerprint density at radius 3 is 2.44 bits per heavy atom. The second kappa shape index (κ2) is 8.74. The zero-order chi connectivity index (χ0) is 22.0. The highest BCUT2D eigenvalue weighted by atomic mass is 16.5. The standard InChI is InChI=1S/C26H29N3O3/c27-18-26(12-13-26)25(30)28-15-19-3-7-23(8-4-19)32-24-11-14-29(16-24)21-5-9-22(10-6-21)31-17-20-1-2-20/h3-10,20,24H,1-2,11-17H2,(H,28,30)/t24-/m1/s1. The summed E-state index contributed by atoms with van der Waals surface area (Å²) in [6, 6.07) is 18.3. The van der Waals surface area contributed by atoms with Crippen LogP contribution in [0.5, 0.6) is 11.5 Å². The molecule has 1 N–H and O–H groups in total. The fourth-order valence-electron chi connectivity index (χ4n) is 4.06. The zero-order valence-corrected chi connectivity index (χ0v) is 18.3. The SMILES string of the molecule is N#CC1(C(=O)NCc2ccc(O[C@@H]3CCN(c4ccc(OCC5CC5)cc4)C3)cc2)CC1. The van der Waals surface area contributed by atoms with Gasteiger partial charge in [0.1, 0.15) is 23.0 Å². The van der Waals surface area contributed by atoms with Crippen molar-refractivity contribution in [2.45, 2.75) is 44.8 Å². The van der Waals surface area contributed by atoms with Crippen LogP contribution >= 0.6 is 0 Å². The van der Waals surface area contributed by atoms with Crippen molar-refractivity contribution in [3.63, 3.8) is 0 Å². The highest BCUT2D eigenvalue weighted by molar-refractivity contribution is 5.88. The molecule has 0 aromatic heterocycles. The number of hydrogen-bond donors (Lipinski definition) is 1. The lowest BCUT2D eigenvalue weighted by molar-refractivity contribution is -0.124. The smallest absolute Gasteiger partial charge is 0.240 e. The van der Waals surface area contributed by atoms with E-state index in [1.807, 2.05) is 24.3 Å². The molecule has 0 bridgehead atoms. The molecule has 6 heteroatoms. The lowest BCUT2D eigenvalue weighted by atomic mass is 10.1. The maximum Gasteiger partial charge on any atom is 0.240 e. The van der Waals surface area contributed by atoms with Gasteiger partial charge in [-0.3, -0.25) is 4.79 Å². The van der Waals surface area contributed by atoms with Gasteiger partial charge in [0, 0.05) is 25.2 Å². The summed E-state index contributed by atoms with van der Waals surface area (Å²) in [4.78, 5) is 14.4. The summed E-state index contributed by atoms with van der Waals surface area (Å²) in [5.74, 6) is 2.39. The molecule has 1 saturated heterocycles. The quantitative estimate of drug-likeness (QED) is 0.648. The molecular formula is C26H29N3O3. The zero-order valence-electron chi connectivity index (χ0n) is 18.3. The number of benzene rings is 2. The first-order valence-electron chi connectivity index (χ1n) is 11.6. The monoisotopic (exact) mass is 431 g/mol. The third kappa shape index (κ3) is 4.83. The lowest BCUT2D eigenvalue weighted by Gasteiger charge is -2.19. The van der Waals surface area contributed by atoms with Crippen LogP contribution in [-0.2, 0) is 11.3 Å². The number of nitrogens with one attached hydrogen (secondary N) is 1. The van der Waals surface area contributed by atoms with E-state index in [9.17, 15) is 4.79 Å². The van der Waals surface area contributed by atoms with Gasteiger partial charge in [0.25, 0.3) is 0 Å². The molecule has 3 fully saturated rings. The van der Waals surface area contributed by atoms with E-state index in [1.54, 1.807) is 0 Å². The number of hydrogen-bond acceptors (Lipinski definition) is 5. The van der Waals surface area contributed by atoms with Crippen LogP contribution in [0, 0.1) is 22.7 Å². The van der Waals surface area contributed by atoms with Crippen molar-refractivity contribution in [2.24, 2.45) is 11.3 Å². The van der Waals surface area contributed by atoms with E-state index >= 15 is 0 Å². The first-order valence-corrected chi connectivity index (χ1v) is 11.6. The Morgan fingerprint density at radius 2 is 1.78 bits per heavy atom. The van der Waals surface area contributed by atoms with Gasteiger partial charge in [-0.25, -0.2) is 0 Å². The van der Waals surface area contributed by atoms with Crippen LogP contribution in [0.15, 0.2) is 48.5 Å². The Hall–Kier alpha value is -3.20. The van der Waals surface area contributed by atoms with Gasteiger partial charge in [-0.05, 0) is 73.6 Å². The van der Waals surface area contributed by atoms with E-state index in [-0.39, 0.29) is 12.0 Å². The van der Waals surface area contributed by atoms with Gasteiger partial charge in [-0.15, -0.1) is 0 Å². The summed E-state index contributed by atoms with van der Waals surface area (Å²) in [6.45, 7) is 3.10. The molecule has 2 aromatic carbocycles. The van der Waals surface area contributed by atoms with E-state index in [0.29, 0.717) is 19.4 Å². The Kier molecular flexibility index (Phi) is 5.65. The molecule has 1 heterocycles. The summed E-state index contributed by atoms with van der Waals surface area (Å²) < 4.78 is 12.0. The number of rotatable bonds is 9. The molecule has 1 amide bonds. The Morgan fingerprint density at radius 1 is 1.06 bits per heavy atom. The number of anilines is 1. The van der Waals surface area contributed by atoms with E-state index in [1.165, 1.54) is 18.5 Å². The first kappa shape index (κ1) is 20.7. The van der Waals surface area contributed by atoms with Crippen molar-refractivity contribution < 1.29 is 14.3 Å². The van der Waals surface area contributed by atoms with Crippen LogP contribution < -0.4 is 19.7 Å². The van der Waals surface area contributed by atoms with E-state index < -0.39 is 5.41 Å². The molecule has 0 spiro atoms.